The molecule has 0 bridgehead atoms. The first-order chi connectivity index (χ1) is 10.0. The molecule has 6 heteroatoms. The van der Waals surface area contributed by atoms with Gasteiger partial charge in [0.05, 0.1) is 5.69 Å². The van der Waals surface area contributed by atoms with Crippen LogP contribution in [0.15, 0.2) is 0 Å². The van der Waals surface area contributed by atoms with Crippen molar-refractivity contribution in [2.75, 3.05) is 33.3 Å². The zero-order chi connectivity index (χ0) is 15.4. The number of rotatable bonds is 6. The second-order valence-corrected chi connectivity index (χ2v) is 6.40. The van der Waals surface area contributed by atoms with Crippen LogP contribution in [0.2, 0.25) is 5.15 Å². The summed E-state index contributed by atoms with van der Waals surface area (Å²) >= 11 is 6.31. The van der Waals surface area contributed by atoms with E-state index in [0.717, 1.165) is 49.0 Å². The third kappa shape index (κ3) is 4.19. The van der Waals surface area contributed by atoms with Crippen LogP contribution >= 0.6 is 11.6 Å². The maximum atomic E-state index is 8.92. The van der Waals surface area contributed by atoms with Crippen molar-refractivity contribution in [1.29, 1.82) is 0 Å². The molecule has 2 heterocycles. The van der Waals surface area contributed by atoms with Gasteiger partial charge in [0, 0.05) is 38.3 Å². The van der Waals surface area contributed by atoms with E-state index in [1.54, 1.807) is 4.68 Å². The van der Waals surface area contributed by atoms with E-state index in [1.807, 2.05) is 14.0 Å². The second-order valence-electron chi connectivity index (χ2n) is 6.04. The molecule has 1 fully saturated rings. The minimum Gasteiger partial charge on any atom is -0.396 e. The summed E-state index contributed by atoms with van der Waals surface area (Å²) in [4.78, 5) is 4.85. The van der Waals surface area contributed by atoms with Crippen molar-refractivity contribution in [3.8, 4) is 0 Å². The van der Waals surface area contributed by atoms with Gasteiger partial charge in [-0.2, -0.15) is 5.10 Å². The second kappa shape index (κ2) is 7.58. The molecule has 0 spiro atoms. The van der Waals surface area contributed by atoms with E-state index in [1.165, 1.54) is 12.8 Å². The fourth-order valence-corrected chi connectivity index (χ4v) is 3.33. The molecule has 0 atom stereocenters. The van der Waals surface area contributed by atoms with Crippen LogP contribution in [0.4, 0.5) is 0 Å². The van der Waals surface area contributed by atoms with Gasteiger partial charge in [-0.05, 0) is 46.3 Å². The van der Waals surface area contributed by atoms with Gasteiger partial charge >= 0.3 is 0 Å². The number of nitrogens with zero attached hydrogens (tertiary/aromatic N) is 4. The minimum atomic E-state index is 0.280. The van der Waals surface area contributed by atoms with E-state index < -0.39 is 0 Å². The lowest BCUT2D eigenvalue weighted by atomic mass is 10.0. The number of aromatic nitrogens is 2. The molecule has 120 valence electrons. The standard InChI is InChI=1S/C15H27ClN4O/c1-12-14(15(16)19(3)17-12)11-20-8-5-13(6-9-20)18(2)7-4-10-21/h13,21H,4-11H2,1-3H3. The Labute approximate surface area is 132 Å². The molecule has 1 aliphatic heterocycles. The van der Waals surface area contributed by atoms with Crippen LogP contribution in [0.1, 0.15) is 30.5 Å². The number of hydrogen-bond donors (Lipinski definition) is 1. The Morgan fingerprint density at radius 3 is 2.57 bits per heavy atom. The van der Waals surface area contributed by atoms with Gasteiger partial charge < -0.3 is 10.0 Å². The van der Waals surface area contributed by atoms with E-state index in [4.69, 9.17) is 16.7 Å². The zero-order valence-corrected chi connectivity index (χ0v) is 14.1. The average molecular weight is 315 g/mol. The number of aliphatic hydroxyl groups is 1. The molecule has 1 aromatic heterocycles. The number of aliphatic hydroxyl groups excluding tert-OH is 1. The summed E-state index contributed by atoms with van der Waals surface area (Å²) in [6, 6.07) is 0.637. The molecule has 1 N–H and O–H groups in total. The summed E-state index contributed by atoms with van der Waals surface area (Å²) in [7, 11) is 4.05. The lowest BCUT2D eigenvalue weighted by Gasteiger charge is -2.36. The Bertz CT molecular complexity index is 455. The van der Waals surface area contributed by atoms with Gasteiger partial charge in [-0.1, -0.05) is 11.6 Å². The lowest BCUT2D eigenvalue weighted by Crippen LogP contribution is -2.43. The first-order valence-corrected chi connectivity index (χ1v) is 8.12. The largest absolute Gasteiger partial charge is 0.396 e. The van der Waals surface area contributed by atoms with E-state index >= 15 is 0 Å². The minimum absolute atomic E-state index is 0.280. The van der Waals surface area contributed by atoms with Crippen LogP contribution < -0.4 is 0 Å². The van der Waals surface area contributed by atoms with E-state index in [-0.39, 0.29) is 6.61 Å². The lowest BCUT2D eigenvalue weighted by molar-refractivity contribution is 0.117. The topological polar surface area (TPSA) is 44.5 Å². The van der Waals surface area contributed by atoms with Crippen LogP contribution in [0.5, 0.6) is 0 Å². The molecule has 0 unspecified atom stereocenters. The normalized spacial score (nSPS) is 17.8. The van der Waals surface area contributed by atoms with Crippen LogP contribution in [0, 0.1) is 6.92 Å². The molecule has 0 radical (unpaired) electrons. The molecule has 0 amide bonds. The maximum absolute atomic E-state index is 8.92. The first-order valence-electron chi connectivity index (χ1n) is 7.74. The van der Waals surface area contributed by atoms with E-state index in [2.05, 4.69) is 21.9 Å². The Hall–Kier alpha value is -0.620. The van der Waals surface area contributed by atoms with Crippen molar-refractivity contribution in [1.82, 2.24) is 19.6 Å². The van der Waals surface area contributed by atoms with Crippen molar-refractivity contribution in [2.45, 2.75) is 38.8 Å². The zero-order valence-electron chi connectivity index (χ0n) is 13.3. The summed E-state index contributed by atoms with van der Waals surface area (Å²) < 4.78 is 1.75. The molecule has 2 rings (SSSR count). The number of aryl methyl sites for hydroxylation is 2. The van der Waals surface area contributed by atoms with Gasteiger partial charge in [0.2, 0.25) is 0 Å². The van der Waals surface area contributed by atoms with Crippen LogP contribution in [0.3, 0.4) is 0 Å². The van der Waals surface area contributed by atoms with Gasteiger partial charge in [-0.15, -0.1) is 0 Å². The van der Waals surface area contributed by atoms with Gasteiger partial charge in [0.25, 0.3) is 0 Å². The molecule has 5 nitrogen and oxygen atoms in total. The summed E-state index contributed by atoms with van der Waals surface area (Å²) in [5.41, 5.74) is 2.19. The molecule has 0 aliphatic carbocycles. The Morgan fingerprint density at radius 1 is 1.38 bits per heavy atom. The fraction of sp³-hybridized carbons (Fsp3) is 0.800. The van der Waals surface area contributed by atoms with Gasteiger partial charge in [-0.25, -0.2) is 0 Å². The molecule has 0 aromatic carbocycles. The van der Waals surface area contributed by atoms with Crippen molar-refractivity contribution in [2.24, 2.45) is 7.05 Å². The fourth-order valence-electron chi connectivity index (χ4n) is 3.10. The summed E-state index contributed by atoms with van der Waals surface area (Å²) in [5, 5.41) is 14.1. The van der Waals surface area contributed by atoms with Crippen LogP contribution in [-0.2, 0) is 13.6 Å². The molecule has 21 heavy (non-hydrogen) atoms. The molecular formula is C15H27ClN4O. The van der Waals surface area contributed by atoms with E-state index in [9.17, 15) is 0 Å². The Morgan fingerprint density at radius 2 is 2.05 bits per heavy atom. The highest BCUT2D eigenvalue weighted by atomic mass is 35.5. The van der Waals surface area contributed by atoms with Crippen molar-refractivity contribution in [3.63, 3.8) is 0 Å². The van der Waals surface area contributed by atoms with Crippen molar-refractivity contribution in [3.05, 3.63) is 16.4 Å². The average Bonchev–Trinajstić information content (AvgIpc) is 2.72. The number of likely N-dealkylation sites (tertiary alicyclic amines) is 1. The van der Waals surface area contributed by atoms with Crippen molar-refractivity contribution >= 4 is 11.6 Å². The predicted molar refractivity (Wildman–Crippen MR) is 85.6 cm³/mol. The van der Waals surface area contributed by atoms with Gasteiger partial charge in [0.15, 0.2) is 0 Å². The third-order valence-corrected chi connectivity index (χ3v) is 4.97. The molecule has 1 aliphatic rings. The van der Waals surface area contributed by atoms with Crippen molar-refractivity contribution < 1.29 is 5.11 Å². The maximum Gasteiger partial charge on any atom is 0.131 e. The smallest absolute Gasteiger partial charge is 0.131 e. The molecular weight excluding hydrogens is 288 g/mol. The highest BCUT2D eigenvalue weighted by molar-refractivity contribution is 6.30. The SMILES string of the molecule is Cc1nn(C)c(Cl)c1CN1CCC(N(C)CCCO)CC1. The summed E-state index contributed by atoms with van der Waals surface area (Å²) in [6.07, 6.45) is 3.22. The van der Waals surface area contributed by atoms with Crippen LogP contribution in [0.25, 0.3) is 0 Å². The first kappa shape index (κ1) is 16.7. The summed E-state index contributed by atoms with van der Waals surface area (Å²) in [6.45, 7) is 6.37. The quantitative estimate of drug-likeness (QED) is 0.867. The molecule has 1 saturated heterocycles. The van der Waals surface area contributed by atoms with Crippen LogP contribution in [-0.4, -0.2) is 64.0 Å². The van der Waals surface area contributed by atoms with Gasteiger partial charge in [0.1, 0.15) is 5.15 Å². The highest BCUT2D eigenvalue weighted by Crippen LogP contribution is 2.23. The Kier molecular flexibility index (Phi) is 6.05. The molecule has 1 aromatic rings. The van der Waals surface area contributed by atoms with E-state index in [0.29, 0.717) is 6.04 Å². The van der Waals surface area contributed by atoms with Gasteiger partial charge in [-0.3, -0.25) is 9.58 Å². The molecule has 0 saturated carbocycles. The highest BCUT2D eigenvalue weighted by Gasteiger charge is 2.23. The summed E-state index contributed by atoms with van der Waals surface area (Å²) in [5.74, 6) is 0. The number of piperidine rings is 1. The third-order valence-electron chi connectivity index (χ3n) is 4.50. The predicted octanol–water partition coefficient (Wildman–Crippen LogP) is 1.66. The Balaban J connectivity index is 1.84. The number of halogens is 1. The number of hydrogen-bond acceptors (Lipinski definition) is 4. The monoisotopic (exact) mass is 314 g/mol.